The van der Waals surface area contributed by atoms with E-state index in [4.69, 9.17) is 5.11 Å². The van der Waals surface area contributed by atoms with E-state index in [2.05, 4.69) is 13.8 Å². The second kappa shape index (κ2) is 7.36. The summed E-state index contributed by atoms with van der Waals surface area (Å²) in [4.78, 5) is 0. The van der Waals surface area contributed by atoms with Gasteiger partial charge in [-0.15, -0.1) is 0 Å². The molecule has 0 radical (unpaired) electrons. The van der Waals surface area contributed by atoms with Crippen LogP contribution in [0, 0.1) is 5.92 Å². The summed E-state index contributed by atoms with van der Waals surface area (Å²) in [5, 5.41) is 8.24. The maximum absolute atomic E-state index is 14.2. The second-order valence-electron chi connectivity index (χ2n) is 7.82. The van der Waals surface area contributed by atoms with Crippen LogP contribution in [0.15, 0.2) is 0 Å². The number of rotatable bonds is 2. The molecule has 2 saturated carbocycles. The molecule has 0 spiro atoms. The molecule has 0 aromatic carbocycles. The third-order valence-electron chi connectivity index (χ3n) is 5.28. The Bertz CT molecular complexity index is 672. The molecule has 0 atom stereocenters. The van der Waals surface area contributed by atoms with Gasteiger partial charge in [0.25, 0.3) is 11.3 Å². The van der Waals surface area contributed by atoms with Crippen LogP contribution in [0.5, 0.6) is 0 Å². The summed E-state index contributed by atoms with van der Waals surface area (Å²) in [6.45, 7) is 4.52. The van der Waals surface area contributed by atoms with Crippen molar-refractivity contribution in [1.82, 2.24) is 0 Å². The van der Waals surface area contributed by atoms with E-state index < -0.39 is 58.7 Å². The molecule has 0 bridgehead atoms. The zero-order valence-corrected chi connectivity index (χ0v) is 16.2. The van der Waals surface area contributed by atoms with E-state index in [1.807, 2.05) is 0 Å². The molecule has 0 heterocycles. The summed E-state index contributed by atoms with van der Waals surface area (Å²) in [5.74, 6) is -66.2. The Kier molecular flexibility index (Phi) is 6.66. The Morgan fingerprint density at radius 1 is 0.412 bits per heavy atom. The first-order valence-electron chi connectivity index (χ1n) is 8.53. The van der Waals surface area contributed by atoms with Gasteiger partial charge in [-0.2, -0.15) is 70.2 Å². The lowest BCUT2D eigenvalue weighted by molar-refractivity contribution is -0.560. The summed E-state index contributed by atoms with van der Waals surface area (Å²) in [6, 6.07) is 0. The fourth-order valence-electron chi connectivity index (χ4n) is 3.17. The summed E-state index contributed by atoms with van der Waals surface area (Å²) in [5.41, 5.74) is -17.3. The fourth-order valence-corrected chi connectivity index (χ4v) is 3.17. The van der Waals surface area contributed by atoms with Crippen molar-refractivity contribution in [2.75, 3.05) is 6.61 Å². The SMILES string of the molecule is CC(C)CCO.FC1(F)C(F)(F)C(F)(F)C2(F)C(F)(F)C(F)(F)C(F)(F)C(F)(F)C2(F)C1(F)F. The molecule has 204 valence electrons. The third kappa shape index (κ3) is 2.67. The second-order valence-corrected chi connectivity index (χ2v) is 7.82. The topological polar surface area (TPSA) is 20.2 Å². The van der Waals surface area contributed by atoms with Gasteiger partial charge in [-0.3, -0.25) is 0 Å². The highest BCUT2D eigenvalue weighted by Gasteiger charge is 3.15. The molecule has 0 amide bonds. The number of fused-ring (bicyclic) bond motifs is 1. The summed E-state index contributed by atoms with van der Waals surface area (Å²) in [6.07, 6.45) is 0.931. The molecular weight excluding hydrogens is 538 g/mol. The summed E-state index contributed by atoms with van der Waals surface area (Å²) >= 11 is 0. The first-order chi connectivity index (χ1) is 14.5. The van der Waals surface area contributed by atoms with Gasteiger partial charge in [-0.1, -0.05) is 13.8 Å². The van der Waals surface area contributed by atoms with Crippen LogP contribution in [0.4, 0.5) is 79.0 Å². The van der Waals surface area contributed by atoms with Gasteiger partial charge in [-0.25, -0.2) is 8.78 Å². The predicted octanol–water partition coefficient (Wildman–Crippen LogP) is 6.54. The Hall–Kier alpha value is -1.30. The van der Waals surface area contributed by atoms with Gasteiger partial charge in [0, 0.05) is 6.61 Å². The normalized spacial score (nSPS) is 37.2. The molecule has 0 aromatic rings. The van der Waals surface area contributed by atoms with E-state index in [0.717, 1.165) is 6.42 Å². The lowest BCUT2D eigenvalue weighted by Crippen LogP contribution is -2.98. The number of aliphatic hydroxyl groups is 1. The van der Waals surface area contributed by atoms with Gasteiger partial charge in [0.05, 0.1) is 0 Å². The van der Waals surface area contributed by atoms with Crippen LogP contribution in [0.2, 0.25) is 0 Å². The molecule has 1 nitrogen and oxygen atoms in total. The highest BCUT2D eigenvalue weighted by molar-refractivity contribution is 5.42. The maximum atomic E-state index is 14.2. The van der Waals surface area contributed by atoms with Crippen molar-refractivity contribution < 1.29 is 84.1 Å². The molecule has 0 aliphatic heterocycles. The number of aliphatic hydroxyl groups excluding tert-OH is 1. The number of halogens is 18. The number of hydrogen-bond donors (Lipinski definition) is 1. The highest BCUT2D eigenvalue weighted by Crippen LogP contribution is 2.81. The molecule has 2 rings (SSSR count). The van der Waals surface area contributed by atoms with Crippen LogP contribution in [-0.2, 0) is 0 Å². The fraction of sp³-hybridized carbons (Fsp3) is 1.00. The van der Waals surface area contributed by atoms with Crippen molar-refractivity contribution in [3.8, 4) is 0 Å². The Labute approximate surface area is 177 Å². The maximum Gasteiger partial charge on any atom is 0.382 e. The quantitative estimate of drug-likeness (QED) is 0.388. The largest absolute Gasteiger partial charge is 0.396 e. The molecule has 0 unspecified atom stereocenters. The van der Waals surface area contributed by atoms with Crippen molar-refractivity contribution >= 4 is 0 Å². The Balaban J connectivity index is 0.000000852. The van der Waals surface area contributed by atoms with Crippen LogP contribution in [-0.4, -0.2) is 70.4 Å². The molecule has 2 fully saturated rings. The smallest absolute Gasteiger partial charge is 0.382 e. The van der Waals surface area contributed by atoms with Gasteiger partial charge in [0.1, 0.15) is 0 Å². The minimum atomic E-state index is -8.64. The lowest BCUT2D eigenvalue weighted by Gasteiger charge is -2.63. The van der Waals surface area contributed by atoms with Crippen molar-refractivity contribution in [2.24, 2.45) is 5.92 Å². The average molecular weight is 550 g/mol. The average Bonchev–Trinajstić information content (AvgIpc) is 2.63. The summed E-state index contributed by atoms with van der Waals surface area (Å²) in [7, 11) is 0. The van der Waals surface area contributed by atoms with Crippen molar-refractivity contribution in [3.63, 3.8) is 0 Å². The highest BCUT2D eigenvalue weighted by atomic mass is 19.4. The van der Waals surface area contributed by atoms with Crippen LogP contribution in [0.25, 0.3) is 0 Å². The molecule has 0 aromatic heterocycles. The molecule has 2 aliphatic carbocycles. The first-order valence-corrected chi connectivity index (χ1v) is 8.53. The molecule has 34 heavy (non-hydrogen) atoms. The van der Waals surface area contributed by atoms with Gasteiger partial charge < -0.3 is 5.11 Å². The van der Waals surface area contributed by atoms with Gasteiger partial charge in [0.15, 0.2) is 0 Å². The third-order valence-corrected chi connectivity index (χ3v) is 5.28. The van der Waals surface area contributed by atoms with Crippen molar-refractivity contribution in [1.29, 1.82) is 0 Å². The number of hydrogen-bond acceptors (Lipinski definition) is 1. The Morgan fingerprint density at radius 2 is 0.588 bits per heavy atom. The van der Waals surface area contributed by atoms with Crippen LogP contribution >= 0.6 is 0 Å². The van der Waals surface area contributed by atoms with Crippen LogP contribution in [0.3, 0.4) is 0 Å². The Morgan fingerprint density at radius 3 is 0.676 bits per heavy atom. The standard InChI is InChI=1S/C10F18.C5H12O/c11-1-2(12,5(17,18)9(25,26)7(21,22)3(1,13)14)6(19,20)10(27,28)8(23,24)4(1,15)16;1-5(2)3-4-6/h;5-6H,3-4H2,1-2H3. The molecule has 19 heteroatoms. The zero-order chi connectivity index (χ0) is 28.0. The van der Waals surface area contributed by atoms with E-state index in [1.54, 1.807) is 0 Å². The molecule has 1 N–H and O–H groups in total. The van der Waals surface area contributed by atoms with E-state index in [9.17, 15) is 79.0 Å². The van der Waals surface area contributed by atoms with Gasteiger partial charge >= 0.3 is 47.4 Å². The monoisotopic (exact) mass is 550 g/mol. The molecule has 2 aliphatic rings. The van der Waals surface area contributed by atoms with Gasteiger partial charge in [-0.05, 0) is 12.3 Å². The predicted molar refractivity (Wildman–Crippen MR) is 73.8 cm³/mol. The van der Waals surface area contributed by atoms with E-state index in [-0.39, 0.29) is 0 Å². The lowest BCUT2D eigenvalue weighted by atomic mass is 9.54. The molecular formula is C15H12F18O. The first kappa shape index (κ1) is 30.7. The van der Waals surface area contributed by atoms with Gasteiger partial charge in [0.2, 0.25) is 0 Å². The van der Waals surface area contributed by atoms with Crippen LogP contribution < -0.4 is 0 Å². The summed E-state index contributed by atoms with van der Waals surface area (Å²) < 4.78 is 241. The number of alkyl halides is 18. The zero-order valence-electron chi connectivity index (χ0n) is 16.2. The minimum Gasteiger partial charge on any atom is -0.396 e. The molecule has 0 saturated heterocycles. The van der Waals surface area contributed by atoms with Crippen molar-refractivity contribution in [3.05, 3.63) is 0 Å². The minimum absolute atomic E-state index is 0.331. The van der Waals surface area contributed by atoms with E-state index in [1.165, 1.54) is 0 Å². The van der Waals surface area contributed by atoms with Crippen molar-refractivity contribution in [2.45, 2.75) is 79.0 Å². The van der Waals surface area contributed by atoms with E-state index >= 15 is 0 Å². The van der Waals surface area contributed by atoms with E-state index in [0.29, 0.717) is 12.5 Å². The van der Waals surface area contributed by atoms with Crippen LogP contribution in [0.1, 0.15) is 20.3 Å².